The third-order valence-electron chi connectivity index (χ3n) is 11.8. The van der Waals surface area contributed by atoms with E-state index < -0.39 is 16.6 Å². The first kappa shape index (κ1) is 40.0. The summed E-state index contributed by atoms with van der Waals surface area (Å²) in [6.07, 6.45) is 6.99. The summed E-state index contributed by atoms with van der Waals surface area (Å²) in [7, 11) is -4.02. The predicted molar refractivity (Wildman–Crippen MR) is 204 cm³/mol. The molecule has 0 aliphatic heterocycles. The molecule has 0 aromatic heterocycles. The first-order valence-corrected chi connectivity index (χ1v) is 23.9. The fourth-order valence-electron chi connectivity index (χ4n) is 5.94. The molecule has 0 bridgehead atoms. The Kier molecular flexibility index (Phi) is 14.9. The van der Waals surface area contributed by atoms with Crippen molar-refractivity contribution >= 4 is 16.6 Å². The second-order valence-electron chi connectivity index (χ2n) is 17.7. The molecule has 0 N–H and O–H groups in total. The fraction of sp³-hybridized carbons (Fsp3) is 0.707. The third kappa shape index (κ3) is 12.1. The van der Waals surface area contributed by atoms with Crippen LogP contribution in [0.4, 0.5) is 0 Å². The molecule has 0 aliphatic rings. The van der Waals surface area contributed by atoms with E-state index in [4.69, 9.17) is 8.85 Å². The van der Waals surface area contributed by atoms with Gasteiger partial charge in [0.05, 0.1) is 0 Å². The minimum atomic E-state index is -2.01. The van der Waals surface area contributed by atoms with E-state index in [1.165, 1.54) is 36.8 Å². The van der Waals surface area contributed by atoms with Gasteiger partial charge in [-0.15, -0.1) is 0 Å². The number of hydrogen-bond acceptors (Lipinski definition) is 2. The van der Waals surface area contributed by atoms with Crippen LogP contribution >= 0.6 is 0 Å². The Morgan fingerprint density at radius 3 is 1.13 bits per heavy atom. The van der Waals surface area contributed by atoms with Crippen molar-refractivity contribution in [3.05, 3.63) is 71.8 Å². The lowest BCUT2D eigenvalue weighted by Crippen LogP contribution is -2.49. The van der Waals surface area contributed by atoms with Gasteiger partial charge in [0.2, 0.25) is 0 Å². The van der Waals surface area contributed by atoms with Crippen LogP contribution < -0.4 is 0 Å². The normalized spacial score (nSPS) is 16.3. The zero-order chi connectivity index (χ0) is 34.1. The van der Waals surface area contributed by atoms with Crippen molar-refractivity contribution in [1.29, 1.82) is 0 Å². The van der Waals surface area contributed by atoms with Gasteiger partial charge in [0.15, 0.2) is 16.6 Å². The Bertz CT molecular complexity index is 1010. The Morgan fingerprint density at radius 1 is 0.556 bits per heavy atom. The lowest BCUT2D eigenvalue weighted by Gasteiger charge is -2.47. The lowest BCUT2D eigenvalue weighted by atomic mass is 9.68. The fourth-order valence-corrected chi connectivity index (χ4v) is 8.14. The molecule has 0 saturated heterocycles. The van der Waals surface area contributed by atoms with Gasteiger partial charge in [-0.3, -0.25) is 0 Å². The zero-order valence-electron chi connectivity index (χ0n) is 32.1. The van der Waals surface area contributed by atoms with Gasteiger partial charge < -0.3 is 8.85 Å². The van der Waals surface area contributed by atoms with E-state index in [1.54, 1.807) is 0 Å². The monoisotopic (exact) mass is 653 g/mol. The van der Waals surface area contributed by atoms with Crippen molar-refractivity contribution in [2.75, 3.05) is 13.2 Å². The summed E-state index contributed by atoms with van der Waals surface area (Å²) in [5.41, 5.74) is 2.84. The Balaban J connectivity index is 2.77. The van der Waals surface area contributed by atoms with Crippen LogP contribution in [0.15, 0.2) is 60.7 Å². The molecule has 2 aromatic carbocycles. The highest BCUT2D eigenvalue weighted by molar-refractivity contribution is 6.74. The molecule has 0 radical (unpaired) electrons. The second-order valence-corrected chi connectivity index (χ2v) is 27.3. The van der Waals surface area contributed by atoms with Crippen LogP contribution in [0.1, 0.15) is 131 Å². The molecule has 256 valence electrons. The summed E-state index contributed by atoms with van der Waals surface area (Å²) in [6.45, 7) is 35.0. The molecule has 0 heterocycles. The van der Waals surface area contributed by atoms with E-state index in [1.807, 2.05) is 0 Å². The number of hydrogen-bond donors (Lipinski definition) is 0. The van der Waals surface area contributed by atoms with Crippen molar-refractivity contribution in [2.24, 2.45) is 17.3 Å². The van der Waals surface area contributed by atoms with Crippen LogP contribution in [0.2, 0.25) is 36.3 Å². The molecule has 0 aliphatic carbocycles. The van der Waals surface area contributed by atoms with E-state index in [2.05, 4.69) is 156 Å². The summed E-state index contributed by atoms with van der Waals surface area (Å²) in [5.74, 6) is 2.26. The van der Waals surface area contributed by atoms with Gasteiger partial charge in [-0.25, -0.2) is 0 Å². The molecule has 0 fully saturated rings. The summed E-state index contributed by atoms with van der Waals surface area (Å²) >= 11 is 0. The van der Waals surface area contributed by atoms with Gasteiger partial charge in [0, 0.05) is 18.6 Å². The molecule has 4 atom stereocenters. The average molecular weight is 653 g/mol. The van der Waals surface area contributed by atoms with E-state index in [0.29, 0.717) is 23.7 Å². The third-order valence-corrected chi connectivity index (χ3v) is 20.7. The molecule has 45 heavy (non-hydrogen) atoms. The largest absolute Gasteiger partial charge is 0.416 e. The first-order valence-electron chi connectivity index (χ1n) is 18.1. The van der Waals surface area contributed by atoms with Gasteiger partial charge >= 0.3 is 0 Å². The molecule has 2 rings (SSSR count). The standard InChI is InChI=1S/C41H72O2Si2/c1-15-33(3)27-37(35-23-19-17-20-24-35)29-41(31-42-44(11,12)39(5,6)7,32-43-45(13,14)40(8,9)10)30-38(28-34(4)16-2)36-25-21-18-22-26-36/h17-26,33-34,37-38H,15-16,27-32H2,1-14H3. The van der Waals surface area contributed by atoms with Gasteiger partial charge in [-0.2, -0.15) is 0 Å². The maximum Gasteiger partial charge on any atom is 0.192 e. The number of rotatable bonds is 18. The molecule has 2 aromatic rings. The molecule has 4 heteroatoms. The molecule has 0 amide bonds. The molecular formula is C41H72O2Si2. The molecule has 0 saturated carbocycles. The Morgan fingerprint density at radius 2 is 0.867 bits per heavy atom. The van der Waals surface area contributed by atoms with Crippen LogP contribution in [-0.2, 0) is 8.85 Å². The van der Waals surface area contributed by atoms with Gasteiger partial charge in [-0.05, 0) is 96.7 Å². The highest BCUT2D eigenvalue weighted by Crippen LogP contribution is 2.48. The summed E-state index contributed by atoms with van der Waals surface area (Å²) < 4.78 is 14.6. The van der Waals surface area contributed by atoms with E-state index >= 15 is 0 Å². The molecule has 4 unspecified atom stereocenters. The van der Waals surface area contributed by atoms with Crippen molar-refractivity contribution < 1.29 is 8.85 Å². The topological polar surface area (TPSA) is 18.5 Å². The average Bonchev–Trinajstić information content (AvgIpc) is 2.98. The highest BCUT2D eigenvalue weighted by atomic mass is 28.4. The number of benzene rings is 2. The van der Waals surface area contributed by atoms with Crippen molar-refractivity contribution in [3.8, 4) is 0 Å². The van der Waals surface area contributed by atoms with Crippen LogP contribution in [0.5, 0.6) is 0 Å². The van der Waals surface area contributed by atoms with Crippen molar-refractivity contribution in [2.45, 2.75) is 156 Å². The SMILES string of the molecule is CCC(C)CC(CC(CO[Si](C)(C)C(C)(C)C)(CO[Si](C)(C)C(C)(C)C)CC(CC(C)CC)c1ccccc1)c1ccccc1. The van der Waals surface area contributed by atoms with Crippen LogP contribution in [0.25, 0.3) is 0 Å². The quantitative estimate of drug-likeness (QED) is 0.149. The predicted octanol–water partition coefficient (Wildman–Crippen LogP) is 13.2. The summed E-state index contributed by atoms with van der Waals surface area (Å²) in [4.78, 5) is 0. The van der Waals surface area contributed by atoms with Crippen LogP contribution in [0, 0.1) is 17.3 Å². The second kappa shape index (κ2) is 16.8. The lowest BCUT2D eigenvalue weighted by molar-refractivity contribution is 0.0331. The van der Waals surface area contributed by atoms with Crippen molar-refractivity contribution in [3.63, 3.8) is 0 Å². The van der Waals surface area contributed by atoms with Crippen LogP contribution in [-0.4, -0.2) is 29.8 Å². The molecular weight excluding hydrogens is 581 g/mol. The van der Waals surface area contributed by atoms with E-state index in [0.717, 1.165) is 26.1 Å². The van der Waals surface area contributed by atoms with Gasteiger partial charge in [0.25, 0.3) is 0 Å². The minimum Gasteiger partial charge on any atom is -0.416 e. The molecule has 0 spiro atoms. The van der Waals surface area contributed by atoms with Gasteiger partial charge in [-0.1, -0.05) is 143 Å². The highest BCUT2D eigenvalue weighted by Gasteiger charge is 2.45. The molecule has 2 nitrogen and oxygen atoms in total. The Labute approximate surface area is 282 Å². The van der Waals surface area contributed by atoms with Crippen molar-refractivity contribution in [1.82, 2.24) is 0 Å². The smallest absolute Gasteiger partial charge is 0.192 e. The maximum atomic E-state index is 7.32. The zero-order valence-corrected chi connectivity index (χ0v) is 34.1. The maximum absolute atomic E-state index is 7.32. The Hall–Kier alpha value is -1.21. The first-order chi connectivity index (χ1) is 20.8. The summed E-state index contributed by atoms with van der Waals surface area (Å²) in [5, 5.41) is 0.314. The summed E-state index contributed by atoms with van der Waals surface area (Å²) in [6, 6.07) is 22.7. The van der Waals surface area contributed by atoms with Crippen LogP contribution in [0.3, 0.4) is 0 Å². The van der Waals surface area contributed by atoms with E-state index in [9.17, 15) is 0 Å². The van der Waals surface area contributed by atoms with E-state index in [-0.39, 0.29) is 15.5 Å². The minimum absolute atomic E-state index is 0.104. The van der Waals surface area contributed by atoms with Gasteiger partial charge in [0.1, 0.15) is 0 Å².